The molecule has 3 heterocycles. The highest BCUT2D eigenvalue weighted by molar-refractivity contribution is 5.89. The van der Waals surface area contributed by atoms with Crippen molar-refractivity contribution in [2.24, 2.45) is 0 Å². The molecular formula is C23H25NO3. The molecule has 140 valence electrons. The first kappa shape index (κ1) is 17.9. The van der Waals surface area contributed by atoms with Gasteiger partial charge < -0.3 is 9.47 Å². The van der Waals surface area contributed by atoms with E-state index in [9.17, 15) is 4.79 Å². The number of piperidine rings is 1. The Kier molecular flexibility index (Phi) is 4.80. The van der Waals surface area contributed by atoms with Crippen molar-refractivity contribution >= 4 is 5.97 Å². The molecule has 4 nitrogen and oxygen atoms in total. The van der Waals surface area contributed by atoms with Crippen molar-refractivity contribution in [2.75, 3.05) is 13.2 Å². The summed E-state index contributed by atoms with van der Waals surface area (Å²) in [7, 11) is 0. The highest BCUT2D eigenvalue weighted by atomic mass is 16.6. The first-order valence-corrected chi connectivity index (χ1v) is 9.68. The van der Waals surface area contributed by atoms with Crippen LogP contribution in [0.25, 0.3) is 0 Å². The Labute approximate surface area is 160 Å². The van der Waals surface area contributed by atoms with E-state index < -0.39 is 5.60 Å². The summed E-state index contributed by atoms with van der Waals surface area (Å²) < 4.78 is 11.5. The molecule has 0 aromatic heterocycles. The Hall–Kier alpha value is -2.51. The van der Waals surface area contributed by atoms with Crippen LogP contribution in [-0.4, -0.2) is 41.7 Å². The first-order chi connectivity index (χ1) is 13.1. The number of carbonyl (C=O) groups excluding carboxylic acids is 1. The van der Waals surface area contributed by atoms with Gasteiger partial charge in [-0.2, -0.15) is 0 Å². The maximum absolute atomic E-state index is 12.1. The number of para-hydroxylation sites is 1. The molecule has 27 heavy (non-hydrogen) atoms. The van der Waals surface area contributed by atoms with Crippen molar-refractivity contribution in [1.29, 1.82) is 0 Å². The van der Waals surface area contributed by atoms with Gasteiger partial charge in [0.25, 0.3) is 0 Å². The summed E-state index contributed by atoms with van der Waals surface area (Å²) >= 11 is 0. The largest absolute Gasteiger partial charge is 0.481 e. The van der Waals surface area contributed by atoms with Gasteiger partial charge in [0.05, 0.1) is 6.04 Å². The highest BCUT2D eigenvalue weighted by Gasteiger charge is 2.51. The monoisotopic (exact) mass is 363 g/mol. The molecule has 3 aliphatic heterocycles. The molecule has 0 amide bonds. The molecular weight excluding hydrogens is 338 g/mol. The van der Waals surface area contributed by atoms with Crippen LogP contribution in [0.3, 0.4) is 0 Å². The fourth-order valence-corrected chi connectivity index (χ4v) is 4.48. The van der Waals surface area contributed by atoms with E-state index in [4.69, 9.17) is 9.47 Å². The van der Waals surface area contributed by atoms with E-state index in [1.807, 2.05) is 37.3 Å². The molecule has 0 bridgehead atoms. The summed E-state index contributed by atoms with van der Waals surface area (Å²) in [4.78, 5) is 14.6. The quantitative estimate of drug-likeness (QED) is 0.596. The molecule has 0 spiro atoms. The molecule has 0 aliphatic carbocycles. The second-order valence-electron chi connectivity index (χ2n) is 7.56. The van der Waals surface area contributed by atoms with Gasteiger partial charge in [0.15, 0.2) is 5.60 Å². The number of hydrogen-bond acceptors (Lipinski definition) is 4. The third-order valence-electron chi connectivity index (χ3n) is 5.79. The number of carbonyl (C=O) groups is 1. The molecule has 1 aromatic carbocycles. The van der Waals surface area contributed by atoms with Gasteiger partial charge in [0.1, 0.15) is 12.4 Å². The number of ether oxygens (including phenoxy) is 2. The predicted octanol–water partition coefficient (Wildman–Crippen LogP) is 3.49. The molecule has 0 N–H and O–H groups in total. The van der Waals surface area contributed by atoms with Gasteiger partial charge in [-0.3, -0.25) is 4.90 Å². The molecule has 3 atom stereocenters. The van der Waals surface area contributed by atoms with E-state index in [0.29, 0.717) is 6.61 Å². The van der Waals surface area contributed by atoms with Crippen molar-refractivity contribution in [1.82, 2.24) is 4.90 Å². The average Bonchev–Trinajstić information content (AvgIpc) is 2.96. The van der Waals surface area contributed by atoms with Crippen molar-refractivity contribution < 1.29 is 14.3 Å². The van der Waals surface area contributed by atoms with Crippen LogP contribution in [0, 0.1) is 11.8 Å². The Morgan fingerprint density at radius 3 is 2.93 bits per heavy atom. The highest BCUT2D eigenvalue weighted by Crippen LogP contribution is 2.44. The Morgan fingerprint density at radius 1 is 1.30 bits per heavy atom. The average molecular weight is 363 g/mol. The zero-order valence-corrected chi connectivity index (χ0v) is 15.9. The number of hydrogen-bond donors (Lipinski definition) is 0. The molecule has 1 aromatic rings. The summed E-state index contributed by atoms with van der Waals surface area (Å²) in [6.45, 7) is 5.58. The van der Waals surface area contributed by atoms with Gasteiger partial charge in [-0.1, -0.05) is 42.5 Å². The number of fused-ring (bicyclic) bond motifs is 3. The van der Waals surface area contributed by atoms with Gasteiger partial charge in [0, 0.05) is 23.3 Å². The zero-order chi connectivity index (χ0) is 18.9. The van der Waals surface area contributed by atoms with E-state index in [1.165, 1.54) is 12.8 Å². The Morgan fingerprint density at radius 2 is 2.11 bits per heavy atom. The van der Waals surface area contributed by atoms with Gasteiger partial charge >= 0.3 is 5.97 Å². The van der Waals surface area contributed by atoms with Crippen molar-refractivity contribution in [3.05, 3.63) is 53.6 Å². The van der Waals surface area contributed by atoms with E-state index in [1.54, 1.807) is 6.08 Å². The van der Waals surface area contributed by atoms with Crippen LogP contribution in [0.4, 0.5) is 0 Å². The normalized spacial score (nSPS) is 29.9. The van der Waals surface area contributed by atoms with Crippen LogP contribution in [0.15, 0.2) is 53.6 Å². The number of benzene rings is 1. The standard InChI is InChI=1S/C23H25NO3/c1-17-15-18(9-8-14-26-19-10-4-3-5-11-19)20-16-22(25)27-23(20,2)21-12-6-7-13-24(17)21/h3-5,10-11,15-17,21H,6-7,12-14H2,1-2H3/t17-,21?,23-/m0/s1. The molecule has 1 saturated heterocycles. The van der Waals surface area contributed by atoms with Crippen molar-refractivity contribution in [2.45, 2.75) is 50.8 Å². The topological polar surface area (TPSA) is 38.8 Å². The Bertz CT molecular complexity index is 845. The van der Waals surface area contributed by atoms with E-state index in [2.05, 4.69) is 29.7 Å². The van der Waals surface area contributed by atoms with Gasteiger partial charge in [-0.05, 0) is 45.4 Å². The smallest absolute Gasteiger partial charge is 0.332 e. The van der Waals surface area contributed by atoms with Gasteiger partial charge in [-0.25, -0.2) is 4.79 Å². The lowest BCUT2D eigenvalue weighted by Gasteiger charge is -2.45. The third-order valence-corrected chi connectivity index (χ3v) is 5.79. The lowest BCUT2D eigenvalue weighted by atomic mass is 9.81. The van der Waals surface area contributed by atoms with Gasteiger partial charge in [0.2, 0.25) is 0 Å². The van der Waals surface area contributed by atoms with E-state index >= 15 is 0 Å². The van der Waals surface area contributed by atoms with Crippen LogP contribution in [0.1, 0.15) is 33.1 Å². The summed E-state index contributed by atoms with van der Waals surface area (Å²) in [5.41, 5.74) is 1.19. The van der Waals surface area contributed by atoms with Crippen LogP contribution >= 0.6 is 0 Å². The first-order valence-electron chi connectivity index (χ1n) is 9.68. The fraction of sp³-hybridized carbons (Fsp3) is 0.435. The SMILES string of the molecule is C[C@H]1C=C(C#CCOc2ccccc2)C2=CC(=O)O[C@]2(C)C2CCCCN21. The van der Waals surface area contributed by atoms with Crippen molar-refractivity contribution in [3.63, 3.8) is 0 Å². The number of nitrogens with zero attached hydrogens (tertiary/aromatic N) is 1. The molecule has 1 fully saturated rings. The second-order valence-corrected chi connectivity index (χ2v) is 7.56. The second kappa shape index (κ2) is 7.25. The molecule has 4 rings (SSSR count). The summed E-state index contributed by atoms with van der Waals surface area (Å²) in [5, 5.41) is 0. The molecule has 0 saturated carbocycles. The van der Waals surface area contributed by atoms with E-state index in [0.717, 1.165) is 29.9 Å². The lowest BCUT2D eigenvalue weighted by Crippen LogP contribution is -2.55. The number of rotatable bonds is 2. The molecule has 4 heteroatoms. The fourth-order valence-electron chi connectivity index (χ4n) is 4.48. The maximum Gasteiger partial charge on any atom is 0.332 e. The third kappa shape index (κ3) is 3.40. The number of esters is 1. The van der Waals surface area contributed by atoms with Crippen LogP contribution in [0.5, 0.6) is 5.75 Å². The van der Waals surface area contributed by atoms with Crippen LogP contribution < -0.4 is 4.74 Å². The molecule has 0 radical (unpaired) electrons. The lowest BCUT2D eigenvalue weighted by molar-refractivity contribution is -0.151. The maximum atomic E-state index is 12.1. The molecule has 1 unspecified atom stereocenters. The minimum Gasteiger partial charge on any atom is -0.481 e. The predicted molar refractivity (Wildman–Crippen MR) is 104 cm³/mol. The minimum atomic E-state index is -0.622. The molecule has 3 aliphatic rings. The van der Waals surface area contributed by atoms with Crippen molar-refractivity contribution in [3.8, 4) is 17.6 Å². The zero-order valence-electron chi connectivity index (χ0n) is 15.9. The van der Waals surface area contributed by atoms with Crippen LogP contribution in [0.2, 0.25) is 0 Å². The summed E-state index contributed by atoms with van der Waals surface area (Å²) in [6, 6.07) is 10.1. The Balaban J connectivity index is 1.60. The summed E-state index contributed by atoms with van der Waals surface area (Å²) in [6.07, 6.45) is 7.19. The van der Waals surface area contributed by atoms with Crippen LogP contribution in [-0.2, 0) is 9.53 Å². The minimum absolute atomic E-state index is 0.204. The summed E-state index contributed by atoms with van der Waals surface area (Å²) in [5.74, 6) is 6.90. The van der Waals surface area contributed by atoms with E-state index in [-0.39, 0.29) is 18.1 Å². The van der Waals surface area contributed by atoms with Gasteiger partial charge in [-0.15, -0.1) is 0 Å².